The number of hydrogen-bond donors (Lipinski definition) is 2. The highest BCUT2D eigenvalue weighted by molar-refractivity contribution is 7.18. The monoisotopic (exact) mass is 414 g/mol. The van der Waals surface area contributed by atoms with Crippen LogP contribution in [0.1, 0.15) is 37.4 Å². The van der Waals surface area contributed by atoms with Crippen LogP contribution >= 0.6 is 11.3 Å². The Hall–Kier alpha value is -2.98. The van der Waals surface area contributed by atoms with E-state index in [2.05, 4.69) is 25.4 Å². The average molecular weight is 414 g/mol. The van der Waals surface area contributed by atoms with Crippen molar-refractivity contribution in [3.05, 3.63) is 52.3 Å². The Morgan fingerprint density at radius 2 is 2.07 bits per heavy atom. The molecule has 10 heteroatoms. The van der Waals surface area contributed by atoms with Gasteiger partial charge in [-0.1, -0.05) is 0 Å². The zero-order valence-corrected chi connectivity index (χ0v) is 17.1. The number of thiophene rings is 1. The third kappa shape index (κ3) is 4.38. The van der Waals surface area contributed by atoms with Crippen LogP contribution in [0, 0.1) is 13.8 Å². The van der Waals surface area contributed by atoms with E-state index < -0.39 is 0 Å². The first-order chi connectivity index (χ1) is 14.0. The molecule has 0 aromatic carbocycles. The second-order valence-corrected chi connectivity index (χ2v) is 8.01. The van der Waals surface area contributed by atoms with Crippen molar-refractivity contribution in [3.63, 3.8) is 0 Å². The number of nitrogens with one attached hydrogen (secondary N) is 2. The molecule has 152 valence electrons. The lowest BCUT2D eigenvalue weighted by atomic mass is 10.2. The van der Waals surface area contributed by atoms with E-state index >= 15 is 0 Å². The molecule has 0 atom stereocenters. The van der Waals surface area contributed by atoms with Gasteiger partial charge in [0.05, 0.1) is 22.7 Å². The lowest BCUT2D eigenvalue weighted by Crippen LogP contribution is -2.48. The van der Waals surface area contributed by atoms with Gasteiger partial charge in [0, 0.05) is 26.2 Å². The van der Waals surface area contributed by atoms with Crippen LogP contribution in [0.5, 0.6) is 0 Å². The first kappa shape index (κ1) is 19.3. The summed E-state index contributed by atoms with van der Waals surface area (Å²) in [5.74, 6) is 1.48. The maximum atomic E-state index is 13.0. The molecule has 3 aromatic rings. The van der Waals surface area contributed by atoms with Gasteiger partial charge in [-0.15, -0.1) is 11.3 Å². The van der Waals surface area contributed by atoms with Gasteiger partial charge in [-0.05, 0) is 37.6 Å². The SMILES string of the molecule is Cc1nc(CN2CCN(C(=O)c3sc(NC(=O)c4ccco4)cc3C)CC2)n[nH]1. The summed E-state index contributed by atoms with van der Waals surface area (Å²) in [7, 11) is 0. The van der Waals surface area contributed by atoms with E-state index in [-0.39, 0.29) is 17.6 Å². The minimum atomic E-state index is -0.328. The highest BCUT2D eigenvalue weighted by Gasteiger charge is 2.25. The molecule has 0 spiro atoms. The smallest absolute Gasteiger partial charge is 0.291 e. The summed E-state index contributed by atoms with van der Waals surface area (Å²) in [4.78, 5) is 34.2. The Bertz CT molecular complexity index is 1000. The number of hydrogen-bond acceptors (Lipinski definition) is 7. The van der Waals surface area contributed by atoms with Crippen LogP contribution in [-0.2, 0) is 6.54 Å². The van der Waals surface area contributed by atoms with Gasteiger partial charge in [0.1, 0.15) is 5.82 Å². The molecule has 2 N–H and O–H groups in total. The highest BCUT2D eigenvalue weighted by Crippen LogP contribution is 2.28. The maximum absolute atomic E-state index is 13.0. The van der Waals surface area contributed by atoms with Crippen LogP contribution in [0.3, 0.4) is 0 Å². The van der Waals surface area contributed by atoms with Gasteiger partial charge in [-0.25, -0.2) is 4.98 Å². The van der Waals surface area contributed by atoms with Gasteiger partial charge < -0.3 is 14.6 Å². The van der Waals surface area contributed by atoms with Crippen LogP contribution in [0.2, 0.25) is 0 Å². The molecule has 2 amide bonds. The lowest BCUT2D eigenvalue weighted by molar-refractivity contribution is 0.0629. The molecule has 1 fully saturated rings. The van der Waals surface area contributed by atoms with Crippen LogP contribution in [-0.4, -0.2) is 63.0 Å². The summed E-state index contributed by atoms with van der Waals surface area (Å²) >= 11 is 1.29. The number of rotatable bonds is 5. The van der Waals surface area contributed by atoms with E-state index in [1.807, 2.05) is 24.8 Å². The van der Waals surface area contributed by atoms with Gasteiger partial charge in [-0.2, -0.15) is 5.10 Å². The summed E-state index contributed by atoms with van der Waals surface area (Å²) < 4.78 is 5.10. The summed E-state index contributed by atoms with van der Waals surface area (Å²) in [5.41, 5.74) is 0.855. The summed E-state index contributed by atoms with van der Waals surface area (Å²) in [6.45, 7) is 7.27. The fourth-order valence-corrected chi connectivity index (χ4v) is 4.29. The van der Waals surface area contributed by atoms with Gasteiger partial charge >= 0.3 is 0 Å². The third-order valence-electron chi connectivity index (χ3n) is 4.76. The number of carbonyl (C=O) groups excluding carboxylic acids is 2. The van der Waals surface area contributed by atoms with Crippen LogP contribution < -0.4 is 5.32 Å². The van der Waals surface area contributed by atoms with Crippen molar-refractivity contribution < 1.29 is 14.0 Å². The fourth-order valence-electron chi connectivity index (χ4n) is 3.25. The third-order valence-corrected chi connectivity index (χ3v) is 5.90. The molecule has 1 aliphatic rings. The van der Waals surface area contributed by atoms with Crippen LogP contribution in [0.15, 0.2) is 28.9 Å². The van der Waals surface area contributed by atoms with Crippen LogP contribution in [0.25, 0.3) is 0 Å². The van der Waals surface area contributed by atoms with Gasteiger partial charge in [0.2, 0.25) is 0 Å². The molecule has 0 unspecified atom stereocenters. The van der Waals surface area contributed by atoms with Gasteiger partial charge in [0.25, 0.3) is 11.8 Å². The minimum absolute atomic E-state index is 0.000568. The van der Waals surface area contributed by atoms with Crippen LogP contribution in [0.4, 0.5) is 5.00 Å². The Kier molecular flexibility index (Phi) is 5.45. The summed E-state index contributed by atoms with van der Waals surface area (Å²) in [5, 5.41) is 10.4. The number of aromatic amines is 1. The second-order valence-electron chi connectivity index (χ2n) is 6.96. The second kappa shape index (κ2) is 8.18. The van der Waals surface area contributed by atoms with Crippen molar-refractivity contribution in [2.75, 3.05) is 31.5 Å². The molecule has 9 nitrogen and oxygen atoms in total. The van der Waals surface area contributed by atoms with Crippen molar-refractivity contribution in [3.8, 4) is 0 Å². The number of amides is 2. The zero-order chi connectivity index (χ0) is 20.4. The average Bonchev–Trinajstić information content (AvgIpc) is 3.44. The maximum Gasteiger partial charge on any atom is 0.291 e. The number of H-pyrrole nitrogens is 1. The molecule has 1 aliphatic heterocycles. The fraction of sp³-hybridized carbons (Fsp3) is 0.368. The summed E-state index contributed by atoms with van der Waals surface area (Å²) in [6.07, 6.45) is 1.45. The molecule has 1 saturated heterocycles. The molecule has 29 heavy (non-hydrogen) atoms. The number of aryl methyl sites for hydroxylation is 2. The number of anilines is 1. The summed E-state index contributed by atoms with van der Waals surface area (Å²) in [6, 6.07) is 5.08. The van der Waals surface area contributed by atoms with E-state index in [0.717, 1.165) is 30.3 Å². The first-order valence-corrected chi connectivity index (χ1v) is 10.2. The molecule has 0 saturated carbocycles. The predicted octanol–water partition coefficient (Wildman–Crippen LogP) is 2.29. The van der Waals surface area contributed by atoms with Crippen molar-refractivity contribution in [1.82, 2.24) is 25.0 Å². The quantitative estimate of drug-likeness (QED) is 0.663. The highest BCUT2D eigenvalue weighted by atomic mass is 32.1. The molecule has 0 bridgehead atoms. The number of furan rings is 1. The standard InChI is InChI=1S/C19H22N6O3S/c1-12-10-16(21-18(26)14-4-3-9-28-14)29-17(12)19(27)25-7-5-24(6-8-25)11-15-20-13(2)22-23-15/h3-4,9-10H,5-8,11H2,1-2H3,(H,21,26)(H,20,22,23). The molecule has 4 rings (SSSR count). The van der Waals surface area contributed by atoms with Crippen molar-refractivity contribution in [2.45, 2.75) is 20.4 Å². The van der Waals surface area contributed by atoms with Gasteiger partial charge in [0.15, 0.2) is 11.6 Å². The largest absolute Gasteiger partial charge is 0.459 e. The van der Waals surface area contributed by atoms with E-state index in [1.165, 1.54) is 17.6 Å². The normalized spacial score (nSPS) is 14.9. The Labute approximate surface area is 171 Å². The zero-order valence-electron chi connectivity index (χ0n) is 16.3. The Balaban J connectivity index is 1.35. The van der Waals surface area contributed by atoms with Crippen molar-refractivity contribution in [2.24, 2.45) is 0 Å². The Morgan fingerprint density at radius 3 is 2.72 bits per heavy atom. The van der Waals surface area contributed by atoms with E-state index in [1.54, 1.807) is 12.1 Å². The molecule has 0 aliphatic carbocycles. The Morgan fingerprint density at radius 1 is 1.28 bits per heavy atom. The molecule has 3 aromatic heterocycles. The van der Waals surface area contributed by atoms with Crippen molar-refractivity contribution in [1.29, 1.82) is 0 Å². The topological polar surface area (TPSA) is 107 Å². The predicted molar refractivity (Wildman–Crippen MR) is 108 cm³/mol. The van der Waals surface area contributed by atoms with Crippen molar-refractivity contribution >= 4 is 28.2 Å². The van der Waals surface area contributed by atoms with E-state index in [4.69, 9.17) is 4.42 Å². The van der Waals surface area contributed by atoms with E-state index in [9.17, 15) is 9.59 Å². The number of carbonyl (C=O) groups is 2. The molecule has 4 heterocycles. The number of aromatic nitrogens is 3. The van der Waals surface area contributed by atoms with E-state index in [0.29, 0.717) is 29.5 Å². The number of nitrogens with zero attached hydrogens (tertiary/aromatic N) is 4. The minimum Gasteiger partial charge on any atom is -0.459 e. The lowest BCUT2D eigenvalue weighted by Gasteiger charge is -2.34. The number of piperazine rings is 1. The van der Waals surface area contributed by atoms with Gasteiger partial charge in [-0.3, -0.25) is 19.6 Å². The molecular formula is C19H22N6O3S. The first-order valence-electron chi connectivity index (χ1n) is 9.34. The molecule has 0 radical (unpaired) electrons. The molecular weight excluding hydrogens is 392 g/mol.